The molecule has 1 unspecified atom stereocenters. The van der Waals surface area contributed by atoms with Crippen molar-refractivity contribution < 1.29 is 0 Å². The van der Waals surface area contributed by atoms with Gasteiger partial charge in [0.2, 0.25) is 0 Å². The SMILES string of the molecule is CN1CCC(CN(C)Cc2cnc(Cl)s2)C1. The maximum absolute atomic E-state index is 5.82. The van der Waals surface area contributed by atoms with Gasteiger partial charge in [0.15, 0.2) is 4.47 Å². The summed E-state index contributed by atoms with van der Waals surface area (Å²) in [7, 11) is 4.37. The number of thiazole rings is 1. The fraction of sp³-hybridized carbons (Fsp3) is 0.727. The lowest BCUT2D eigenvalue weighted by molar-refractivity contribution is 0.269. The Kier molecular flexibility index (Phi) is 4.19. The highest BCUT2D eigenvalue weighted by molar-refractivity contribution is 7.15. The lowest BCUT2D eigenvalue weighted by Crippen LogP contribution is -2.26. The summed E-state index contributed by atoms with van der Waals surface area (Å²) in [5.74, 6) is 0.818. The smallest absolute Gasteiger partial charge is 0.183 e. The maximum Gasteiger partial charge on any atom is 0.183 e. The molecule has 1 aromatic rings. The summed E-state index contributed by atoms with van der Waals surface area (Å²) >= 11 is 7.39. The lowest BCUT2D eigenvalue weighted by Gasteiger charge is -2.19. The number of likely N-dealkylation sites (tertiary alicyclic amines) is 1. The van der Waals surface area contributed by atoms with Gasteiger partial charge in [0.1, 0.15) is 0 Å². The van der Waals surface area contributed by atoms with Crippen LogP contribution < -0.4 is 0 Å². The van der Waals surface area contributed by atoms with Crippen LogP contribution in [0.25, 0.3) is 0 Å². The van der Waals surface area contributed by atoms with E-state index >= 15 is 0 Å². The van der Waals surface area contributed by atoms with Crippen molar-refractivity contribution in [2.24, 2.45) is 5.92 Å². The van der Waals surface area contributed by atoms with Gasteiger partial charge >= 0.3 is 0 Å². The van der Waals surface area contributed by atoms with E-state index in [9.17, 15) is 0 Å². The third-order valence-corrected chi connectivity index (χ3v) is 4.11. The quantitative estimate of drug-likeness (QED) is 0.826. The van der Waals surface area contributed by atoms with E-state index in [1.807, 2.05) is 6.20 Å². The number of halogens is 1. The molecule has 0 bridgehead atoms. The lowest BCUT2D eigenvalue weighted by atomic mass is 10.1. The highest BCUT2D eigenvalue weighted by Gasteiger charge is 2.20. The fourth-order valence-corrected chi connectivity index (χ4v) is 3.36. The number of hydrogen-bond acceptors (Lipinski definition) is 4. The van der Waals surface area contributed by atoms with Gasteiger partial charge in [0.25, 0.3) is 0 Å². The van der Waals surface area contributed by atoms with Gasteiger partial charge in [0, 0.05) is 30.7 Å². The van der Waals surface area contributed by atoms with Crippen molar-refractivity contribution in [1.82, 2.24) is 14.8 Å². The van der Waals surface area contributed by atoms with E-state index in [2.05, 4.69) is 28.9 Å². The largest absolute Gasteiger partial charge is 0.306 e. The molecule has 1 fully saturated rings. The molecule has 0 aliphatic carbocycles. The van der Waals surface area contributed by atoms with Gasteiger partial charge in [-0.3, -0.25) is 0 Å². The third-order valence-electron chi connectivity index (χ3n) is 3.01. The second-order valence-corrected chi connectivity index (χ2v) is 6.39. The summed E-state index contributed by atoms with van der Waals surface area (Å²) in [5, 5.41) is 0. The first-order chi connectivity index (χ1) is 7.63. The summed E-state index contributed by atoms with van der Waals surface area (Å²) < 4.78 is 0.643. The van der Waals surface area contributed by atoms with E-state index < -0.39 is 0 Å². The van der Waals surface area contributed by atoms with E-state index in [4.69, 9.17) is 11.6 Å². The van der Waals surface area contributed by atoms with Gasteiger partial charge in [-0.05, 0) is 33.0 Å². The average molecular weight is 260 g/mol. The minimum atomic E-state index is 0.643. The van der Waals surface area contributed by atoms with E-state index in [1.165, 1.54) is 30.9 Å². The molecule has 1 saturated heterocycles. The average Bonchev–Trinajstić information content (AvgIpc) is 2.76. The van der Waals surface area contributed by atoms with E-state index in [0.29, 0.717) is 4.47 Å². The summed E-state index contributed by atoms with van der Waals surface area (Å²) in [6, 6.07) is 0. The molecule has 3 nitrogen and oxygen atoms in total. The molecular weight excluding hydrogens is 242 g/mol. The summed E-state index contributed by atoms with van der Waals surface area (Å²) in [5.41, 5.74) is 0. The Morgan fingerprint density at radius 3 is 3.06 bits per heavy atom. The highest BCUT2D eigenvalue weighted by Crippen LogP contribution is 2.20. The molecule has 0 radical (unpaired) electrons. The predicted molar refractivity (Wildman–Crippen MR) is 69.1 cm³/mol. The molecule has 1 aliphatic heterocycles. The summed E-state index contributed by atoms with van der Waals surface area (Å²) in [6.07, 6.45) is 3.20. The zero-order valence-corrected chi connectivity index (χ0v) is 11.4. The van der Waals surface area contributed by atoms with Gasteiger partial charge in [-0.15, -0.1) is 11.3 Å². The first-order valence-electron chi connectivity index (χ1n) is 5.61. The van der Waals surface area contributed by atoms with Gasteiger partial charge in [-0.2, -0.15) is 0 Å². The number of aromatic nitrogens is 1. The topological polar surface area (TPSA) is 19.4 Å². The Labute approximate surface area is 106 Å². The zero-order valence-electron chi connectivity index (χ0n) is 9.82. The van der Waals surface area contributed by atoms with Gasteiger partial charge < -0.3 is 9.80 Å². The molecule has 0 N–H and O–H groups in total. The molecule has 5 heteroatoms. The molecule has 0 spiro atoms. The van der Waals surface area contributed by atoms with Crippen LogP contribution in [0.4, 0.5) is 0 Å². The van der Waals surface area contributed by atoms with Crippen LogP contribution in [0, 0.1) is 5.92 Å². The molecule has 2 rings (SSSR count). The van der Waals surface area contributed by atoms with Gasteiger partial charge in [-0.1, -0.05) is 11.6 Å². The second kappa shape index (κ2) is 5.45. The number of nitrogens with zero attached hydrogens (tertiary/aromatic N) is 3. The van der Waals surface area contributed by atoms with Crippen LogP contribution in [0.3, 0.4) is 0 Å². The second-order valence-electron chi connectivity index (χ2n) is 4.69. The predicted octanol–water partition coefficient (Wildman–Crippen LogP) is 2.18. The maximum atomic E-state index is 5.82. The summed E-state index contributed by atoms with van der Waals surface area (Å²) in [4.78, 5) is 10.1. The van der Waals surface area contributed by atoms with Gasteiger partial charge in [0.05, 0.1) is 0 Å². The minimum Gasteiger partial charge on any atom is -0.306 e. The Morgan fingerprint density at radius 2 is 2.50 bits per heavy atom. The zero-order chi connectivity index (χ0) is 11.5. The highest BCUT2D eigenvalue weighted by atomic mass is 35.5. The Morgan fingerprint density at radius 1 is 1.69 bits per heavy atom. The Hall–Kier alpha value is -0.160. The van der Waals surface area contributed by atoms with Crippen molar-refractivity contribution in [3.05, 3.63) is 15.5 Å². The number of hydrogen-bond donors (Lipinski definition) is 0. The molecule has 1 atom stereocenters. The third kappa shape index (κ3) is 3.42. The van der Waals surface area contributed by atoms with E-state index in [0.717, 1.165) is 12.5 Å². The van der Waals surface area contributed by atoms with Gasteiger partial charge in [-0.25, -0.2) is 4.98 Å². The van der Waals surface area contributed by atoms with E-state index in [-0.39, 0.29) is 0 Å². The van der Waals surface area contributed by atoms with Crippen LogP contribution in [0.15, 0.2) is 6.20 Å². The fourth-order valence-electron chi connectivity index (χ4n) is 2.30. The van der Waals surface area contributed by atoms with Crippen LogP contribution in [0.2, 0.25) is 4.47 Å². The van der Waals surface area contributed by atoms with E-state index in [1.54, 1.807) is 11.3 Å². The molecule has 1 aromatic heterocycles. The number of rotatable bonds is 4. The molecule has 0 amide bonds. The molecule has 1 aliphatic rings. The summed E-state index contributed by atoms with van der Waals surface area (Å²) in [6.45, 7) is 4.60. The van der Waals surface area contributed by atoms with Crippen molar-refractivity contribution in [1.29, 1.82) is 0 Å². The molecule has 2 heterocycles. The monoisotopic (exact) mass is 259 g/mol. The first-order valence-corrected chi connectivity index (χ1v) is 6.80. The van der Waals surface area contributed by atoms with Crippen LogP contribution in [0.1, 0.15) is 11.3 Å². The minimum absolute atomic E-state index is 0.643. The van der Waals surface area contributed by atoms with Crippen molar-refractivity contribution in [2.45, 2.75) is 13.0 Å². The van der Waals surface area contributed by atoms with Crippen molar-refractivity contribution >= 4 is 22.9 Å². The first kappa shape index (κ1) is 12.3. The molecular formula is C11H18ClN3S. The van der Waals surface area contributed by atoms with Crippen molar-refractivity contribution in [3.63, 3.8) is 0 Å². The molecule has 0 aromatic carbocycles. The van der Waals surface area contributed by atoms with Crippen LogP contribution in [-0.2, 0) is 6.54 Å². The van der Waals surface area contributed by atoms with Crippen molar-refractivity contribution in [2.75, 3.05) is 33.7 Å². The van der Waals surface area contributed by atoms with Crippen molar-refractivity contribution in [3.8, 4) is 0 Å². The van der Waals surface area contributed by atoms with Crippen LogP contribution in [-0.4, -0.2) is 48.5 Å². The molecule has 0 saturated carbocycles. The Bertz CT molecular complexity index is 342. The Balaban J connectivity index is 1.78. The molecule has 90 valence electrons. The normalized spacial score (nSPS) is 22.1. The molecule has 16 heavy (non-hydrogen) atoms. The van der Waals surface area contributed by atoms with Crippen LogP contribution in [0.5, 0.6) is 0 Å². The van der Waals surface area contributed by atoms with Crippen LogP contribution >= 0.6 is 22.9 Å². The standard InChI is InChI=1S/C11H18ClN3S/c1-14-4-3-9(6-14)7-15(2)8-10-5-13-11(12)16-10/h5,9H,3-4,6-8H2,1-2H3.